The predicted molar refractivity (Wildman–Crippen MR) is 62.7 cm³/mol. The van der Waals surface area contributed by atoms with Crippen molar-refractivity contribution >= 4 is 22.8 Å². The fourth-order valence-electron chi connectivity index (χ4n) is 2.10. The maximum Gasteiger partial charge on any atom is 0.226 e. The van der Waals surface area contributed by atoms with Crippen LogP contribution in [0.2, 0.25) is 0 Å². The van der Waals surface area contributed by atoms with E-state index in [9.17, 15) is 0 Å². The van der Waals surface area contributed by atoms with Crippen LogP contribution in [0.1, 0.15) is 12.8 Å². The summed E-state index contributed by atoms with van der Waals surface area (Å²) in [6, 6.07) is 0. The molecule has 1 fully saturated rings. The Kier molecular flexibility index (Phi) is 2.12. The Morgan fingerprint density at radius 3 is 2.88 bits per heavy atom. The fourth-order valence-corrected chi connectivity index (χ4v) is 2.10. The molecule has 0 atom stereocenters. The van der Waals surface area contributed by atoms with Crippen LogP contribution in [-0.4, -0.2) is 40.3 Å². The summed E-state index contributed by atoms with van der Waals surface area (Å²) in [6.45, 7) is 2.14. The molecule has 0 unspecified atom stereocenters. The van der Waals surface area contributed by atoms with Crippen molar-refractivity contribution in [3.05, 3.63) is 6.20 Å². The molecule has 2 N–H and O–H groups in total. The van der Waals surface area contributed by atoms with Crippen molar-refractivity contribution in [1.29, 1.82) is 0 Å². The highest BCUT2D eigenvalue weighted by atomic mass is 15.3. The van der Waals surface area contributed by atoms with Crippen LogP contribution in [0, 0.1) is 0 Å². The molecule has 0 amide bonds. The molecule has 1 aliphatic heterocycles. The van der Waals surface area contributed by atoms with Gasteiger partial charge in [-0.2, -0.15) is 15.1 Å². The molecule has 16 heavy (non-hydrogen) atoms. The number of aromatic amines is 1. The van der Waals surface area contributed by atoms with Gasteiger partial charge in [0, 0.05) is 20.1 Å². The standard InChI is InChI=1S/C10H14N6/c1-11-10-13-8-7(6-12-15-8)9(14-10)16-4-2-3-5-16/h6H,2-5H2,1H3,(H2,11,12,13,14,15). The highest BCUT2D eigenvalue weighted by Crippen LogP contribution is 2.26. The summed E-state index contributed by atoms with van der Waals surface area (Å²) in [5, 5.41) is 10.9. The first-order chi connectivity index (χ1) is 7.88. The van der Waals surface area contributed by atoms with E-state index in [4.69, 9.17) is 0 Å². The summed E-state index contributed by atoms with van der Waals surface area (Å²) >= 11 is 0. The van der Waals surface area contributed by atoms with Crippen LogP contribution in [0.4, 0.5) is 11.8 Å². The molecule has 2 aromatic rings. The molecule has 0 saturated carbocycles. The number of nitrogens with one attached hydrogen (secondary N) is 2. The molecule has 0 aromatic carbocycles. The first kappa shape index (κ1) is 9.38. The molecular formula is C10H14N6. The highest BCUT2D eigenvalue weighted by Gasteiger charge is 2.18. The van der Waals surface area contributed by atoms with Crippen LogP contribution in [0.15, 0.2) is 6.20 Å². The Balaban J connectivity index is 2.15. The third-order valence-electron chi connectivity index (χ3n) is 2.92. The van der Waals surface area contributed by atoms with Gasteiger partial charge < -0.3 is 10.2 Å². The molecule has 6 nitrogen and oxygen atoms in total. The van der Waals surface area contributed by atoms with Gasteiger partial charge in [-0.1, -0.05) is 0 Å². The Bertz CT molecular complexity index is 499. The van der Waals surface area contributed by atoms with Gasteiger partial charge in [0.1, 0.15) is 5.82 Å². The number of anilines is 2. The molecule has 0 radical (unpaired) electrons. The van der Waals surface area contributed by atoms with Gasteiger partial charge in [0.2, 0.25) is 5.95 Å². The smallest absolute Gasteiger partial charge is 0.226 e. The zero-order chi connectivity index (χ0) is 11.0. The van der Waals surface area contributed by atoms with Crippen LogP contribution < -0.4 is 10.2 Å². The van der Waals surface area contributed by atoms with Gasteiger partial charge in [0.25, 0.3) is 0 Å². The second kappa shape index (κ2) is 3.62. The molecule has 0 aliphatic carbocycles. The Morgan fingerprint density at radius 2 is 2.12 bits per heavy atom. The number of hydrogen-bond acceptors (Lipinski definition) is 5. The predicted octanol–water partition coefficient (Wildman–Crippen LogP) is 0.995. The highest BCUT2D eigenvalue weighted by molar-refractivity contribution is 5.87. The van der Waals surface area contributed by atoms with Crippen LogP contribution in [-0.2, 0) is 0 Å². The number of hydrogen-bond donors (Lipinski definition) is 2. The third kappa shape index (κ3) is 1.37. The Hall–Kier alpha value is -1.85. The fraction of sp³-hybridized carbons (Fsp3) is 0.500. The average Bonchev–Trinajstić information content (AvgIpc) is 2.98. The zero-order valence-electron chi connectivity index (χ0n) is 9.19. The lowest BCUT2D eigenvalue weighted by Gasteiger charge is -2.17. The summed E-state index contributed by atoms with van der Waals surface area (Å²) in [4.78, 5) is 11.1. The maximum absolute atomic E-state index is 4.52. The van der Waals surface area contributed by atoms with Crippen LogP contribution in [0.5, 0.6) is 0 Å². The topological polar surface area (TPSA) is 69.7 Å². The van der Waals surface area contributed by atoms with Crippen LogP contribution in [0.25, 0.3) is 11.0 Å². The van der Waals surface area contributed by atoms with Crippen molar-refractivity contribution in [2.24, 2.45) is 0 Å². The number of aromatic nitrogens is 4. The minimum atomic E-state index is 0.638. The summed E-state index contributed by atoms with van der Waals surface area (Å²) in [5.74, 6) is 1.62. The molecule has 0 bridgehead atoms. The van der Waals surface area contributed by atoms with E-state index in [1.807, 2.05) is 7.05 Å². The molecule has 2 aromatic heterocycles. The SMILES string of the molecule is CNc1nc(N2CCCC2)c2cn[nH]c2n1. The van der Waals surface area contributed by atoms with Crippen molar-refractivity contribution in [3.8, 4) is 0 Å². The van der Waals surface area contributed by atoms with Crippen molar-refractivity contribution in [3.63, 3.8) is 0 Å². The van der Waals surface area contributed by atoms with Gasteiger partial charge in [-0.15, -0.1) is 0 Å². The molecule has 0 spiro atoms. The van der Waals surface area contributed by atoms with Gasteiger partial charge in [-0.05, 0) is 12.8 Å². The summed E-state index contributed by atoms with van der Waals surface area (Å²) in [5.41, 5.74) is 0.793. The zero-order valence-corrected chi connectivity index (χ0v) is 9.19. The molecular weight excluding hydrogens is 204 g/mol. The molecule has 1 aliphatic rings. The largest absolute Gasteiger partial charge is 0.357 e. The summed E-state index contributed by atoms with van der Waals surface area (Å²) in [6.07, 6.45) is 4.26. The Morgan fingerprint density at radius 1 is 1.31 bits per heavy atom. The monoisotopic (exact) mass is 218 g/mol. The first-order valence-corrected chi connectivity index (χ1v) is 5.52. The van der Waals surface area contributed by atoms with Gasteiger partial charge >= 0.3 is 0 Å². The van der Waals surface area contributed by atoms with Gasteiger partial charge in [-0.25, -0.2) is 0 Å². The van der Waals surface area contributed by atoms with Crippen molar-refractivity contribution in [1.82, 2.24) is 20.2 Å². The quantitative estimate of drug-likeness (QED) is 0.786. The number of fused-ring (bicyclic) bond motifs is 1. The van der Waals surface area contributed by atoms with Gasteiger partial charge in [-0.3, -0.25) is 5.10 Å². The summed E-state index contributed by atoms with van der Waals surface area (Å²) < 4.78 is 0. The molecule has 3 heterocycles. The average molecular weight is 218 g/mol. The van der Waals surface area contributed by atoms with Crippen LogP contribution >= 0.6 is 0 Å². The molecule has 3 rings (SSSR count). The molecule has 1 saturated heterocycles. The lowest BCUT2D eigenvalue weighted by Crippen LogP contribution is -2.20. The van der Waals surface area contributed by atoms with Crippen molar-refractivity contribution < 1.29 is 0 Å². The van der Waals surface area contributed by atoms with E-state index < -0.39 is 0 Å². The lowest BCUT2D eigenvalue weighted by atomic mass is 10.3. The van der Waals surface area contributed by atoms with E-state index in [2.05, 4.69) is 30.4 Å². The number of nitrogens with zero attached hydrogens (tertiary/aromatic N) is 4. The first-order valence-electron chi connectivity index (χ1n) is 5.52. The molecule has 6 heteroatoms. The second-order valence-corrected chi connectivity index (χ2v) is 3.95. The van der Waals surface area contributed by atoms with E-state index in [1.165, 1.54) is 12.8 Å². The molecule has 84 valence electrons. The minimum Gasteiger partial charge on any atom is -0.357 e. The number of rotatable bonds is 2. The van der Waals surface area contributed by atoms with E-state index in [0.29, 0.717) is 5.95 Å². The lowest BCUT2D eigenvalue weighted by molar-refractivity contribution is 0.940. The van der Waals surface area contributed by atoms with E-state index in [1.54, 1.807) is 6.20 Å². The van der Waals surface area contributed by atoms with Gasteiger partial charge in [0.15, 0.2) is 5.65 Å². The van der Waals surface area contributed by atoms with Gasteiger partial charge in [0.05, 0.1) is 11.6 Å². The summed E-state index contributed by atoms with van der Waals surface area (Å²) in [7, 11) is 1.82. The third-order valence-corrected chi connectivity index (χ3v) is 2.92. The Labute approximate surface area is 93.1 Å². The van der Waals surface area contributed by atoms with E-state index >= 15 is 0 Å². The number of H-pyrrole nitrogens is 1. The second-order valence-electron chi connectivity index (χ2n) is 3.95. The van der Waals surface area contributed by atoms with Crippen molar-refractivity contribution in [2.45, 2.75) is 12.8 Å². The van der Waals surface area contributed by atoms with Crippen molar-refractivity contribution in [2.75, 3.05) is 30.4 Å². The van der Waals surface area contributed by atoms with E-state index in [-0.39, 0.29) is 0 Å². The minimum absolute atomic E-state index is 0.638. The van der Waals surface area contributed by atoms with Crippen LogP contribution in [0.3, 0.4) is 0 Å². The normalized spacial score (nSPS) is 15.9. The maximum atomic E-state index is 4.52. The van der Waals surface area contributed by atoms with E-state index in [0.717, 1.165) is 29.9 Å².